The lowest BCUT2D eigenvalue weighted by Crippen LogP contribution is -2.59. The molecule has 1 amide bonds. The van der Waals surface area contributed by atoms with Crippen LogP contribution in [0.25, 0.3) is 0 Å². The van der Waals surface area contributed by atoms with Crippen molar-refractivity contribution >= 4 is 21.8 Å². The van der Waals surface area contributed by atoms with Gasteiger partial charge in [0.25, 0.3) is 0 Å². The molecule has 0 radical (unpaired) electrons. The molecular formula is C15H21BrN2O3. The minimum Gasteiger partial charge on any atom is -0.496 e. The lowest BCUT2D eigenvalue weighted by atomic mass is 10.0. The maximum absolute atomic E-state index is 11.9. The van der Waals surface area contributed by atoms with Crippen molar-refractivity contribution in [3.05, 3.63) is 28.2 Å². The summed E-state index contributed by atoms with van der Waals surface area (Å²) < 4.78 is 11.7. The maximum atomic E-state index is 11.9. The van der Waals surface area contributed by atoms with Gasteiger partial charge in [0.1, 0.15) is 12.4 Å². The average Bonchev–Trinajstić information content (AvgIpc) is 2.43. The van der Waals surface area contributed by atoms with Crippen LogP contribution < -0.4 is 15.4 Å². The van der Waals surface area contributed by atoms with Gasteiger partial charge >= 0.3 is 0 Å². The second kappa shape index (κ2) is 6.77. The van der Waals surface area contributed by atoms with Gasteiger partial charge in [-0.1, -0.05) is 6.07 Å². The molecule has 5 nitrogen and oxygen atoms in total. The Morgan fingerprint density at radius 2 is 2.24 bits per heavy atom. The van der Waals surface area contributed by atoms with E-state index < -0.39 is 0 Å². The maximum Gasteiger partial charge on any atom is 0.246 e. The van der Waals surface area contributed by atoms with Crippen LogP contribution >= 0.6 is 15.9 Å². The zero-order chi connectivity index (χ0) is 15.5. The first-order chi connectivity index (χ1) is 9.93. The van der Waals surface area contributed by atoms with E-state index in [1.165, 1.54) is 0 Å². The van der Waals surface area contributed by atoms with E-state index in [0.717, 1.165) is 28.9 Å². The molecule has 0 spiro atoms. The summed E-state index contributed by atoms with van der Waals surface area (Å²) in [6.07, 6.45) is 0. The first-order valence-electron chi connectivity index (χ1n) is 6.91. The van der Waals surface area contributed by atoms with Crippen LogP contribution in [0.5, 0.6) is 5.75 Å². The topological polar surface area (TPSA) is 59.6 Å². The highest BCUT2D eigenvalue weighted by Crippen LogP contribution is 2.28. The third kappa shape index (κ3) is 4.18. The highest BCUT2D eigenvalue weighted by molar-refractivity contribution is 9.10. The Morgan fingerprint density at radius 1 is 1.52 bits per heavy atom. The van der Waals surface area contributed by atoms with Crippen molar-refractivity contribution < 1.29 is 14.3 Å². The zero-order valence-corrected chi connectivity index (χ0v) is 14.1. The monoisotopic (exact) mass is 356 g/mol. The van der Waals surface area contributed by atoms with E-state index in [0.29, 0.717) is 0 Å². The Balaban J connectivity index is 1.86. The number of carbonyl (C=O) groups excluding carboxylic acids is 1. The van der Waals surface area contributed by atoms with Crippen LogP contribution in [0, 0.1) is 0 Å². The fourth-order valence-electron chi connectivity index (χ4n) is 2.14. The van der Waals surface area contributed by atoms with Gasteiger partial charge in [0, 0.05) is 13.1 Å². The van der Waals surface area contributed by atoms with Crippen LogP contribution in [-0.4, -0.2) is 38.3 Å². The van der Waals surface area contributed by atoms with Gasteiger partial charge in [0.2, 0.25) is 5.91 Å². The van der Waals surface area contributed by atoms with E-state index in [1.807, 2.05) is 32.0 Å². The van der Waals surface area contributed by atoms with Gasteiger partial charge in [0.05, 0.1) is 23.2 Å². The van der Waals surface area contributed by atoms with Crippen LogP contribution in [0.1, 0.15) is 25.5 Å². The molecule has 0 bridgehead atoms. The molecule has 1 saturated heterocycles. The van der Waals surface area contributed by atoms with E-state index >= 15 is 0 Å². The summed E-state index contributed by atoms with van der Waals surface area (Å²) in [4.78, 5) is 11.9. The molecule has 1 atom stereocenters. The summed E-state index contributed by atoms with van der Waals surface area (Å²) in [5.74, 6) is 0.661. The smallest absolute Gasteiger partial charge is 0.246 e. The second-order valence-electron chi connectivity index (χ2n) is 5.53. The minimum atomic E-state index is -0.205. The second-order valence-corrected chi connectivity index (χ2v) is 6.38. The quantitative estimate of drug-likeness (QED) is 0.818. The van der Waals surface area contributed by atoms with Gasteiger partial charge in [-0.25, -0.2) is 0 Å². The van der Waals surface area contributed by atoms with Crippen LogP contribution in [-0.2, 0) is 9.53 Å². The molecule has 1 aromatic rings. The molecule has 116 valence electrons. The SMILES string of the molecule is COc1ccc(C(C)NC(=O)COC2(C)CNC2)cc1Br. The van der Waals surface area contributed by atoms with Crippen LogP contribution in [0.15, 0.2) is 22.7 Å². The molecule has 21 heavy (non-hydrogen) atoms. The summed E-state index contributed by atoms with van der Waals surface area (Å²) in [6, 6.07) is 5.67. The van der Waals surface area contributed by atoms with Crippen molar-refractivity contribution in [3.63, 3.8) is 0 Å². The third-order valence-corrected chi connectivity index (χ3v) is 4.22. The number of nitrogens with one attached hydrogen (secondary N) is 2. The molecule has 1 aromatic carbocycles. The summed E-state index contributed by atoms with van der Waals surface area (Å²) in [6.45, 7) is 5.61. The molecule has 2 rings (SSSR count). The molecule has 1 aliphatic heterocycles. The van der Waals surface area contributed by atoms with E-state index in [4.69, 9.17) is 9.47 Å². The van der Waals surface area contributed by atoms with Crippen molar-refractivity contribution in [2.45, 2.75) is 25.5 Å². The number of benzene rings is 1. The Kier molecular flexibility index (Phi) is 5.24. The van der Waals surface area contributed by atoms with Crippen LogP contribution in [0.3, 0.4) is 0 Å². The first-order valence-corrected chi connectivity index (χ1v) is 7.70. The molecule has 2 N–H and O–H groups in total. The number of rotatable bonds is 6. The van der Waals surface area contributed by atoms with Crippen molar-refractivity contribution in [3.8, 4) is 5.75 Å². The molecule has 6 heteroatoms. The molecule has 0 aliphatic carbocycles. The molecule has 1 unspecified atom stereocenters. The summed E-state index contributed by atoms with van der Waals surface area (Å²) in [5.41, 5.74) is 0.802. The Morgan fingerprint density at radius 3 is 2.76 bits per heavy atom. The molecule has 0 aromatic heterocycles. The van der Waals surface area contributed by atoms with Crippen molar-refractivity contribution in [1.82, 2.24) is 10.6 Å². The van der Waals surface area contributed by atoms with Crippen molar-refractivity contribution in [2.24, 2.45) is 0 Å². The normalized spacial score (nSPS) is 17.7. The average molecular weight is 357 g/mol. The summed E-state index contributed by atoms with van der Waals surface area (Å²) in [5, 5.41) is 6.07. The van der Waals surface area contributed by atoms with E-state index in [9.17, 15) is 4.79 Å². The van der Waals surface area contributed by atoms with E-state index in [-0.39, 0.29) is 24.2 Å². The van der Waals surface area contributed by atoms with Gasteiger partial charge in [-0.05, 0) is 47.5 Å². The molecule has 0 saturated carbocycles. The molecule has 1 fully saturated rings. The minimum absolute atomic E-state index is 0.0832. The lowest BCUT2D eigenvalue weighted by Gasteiger charge is -2.38. The fourth-order valence-corrected chi connectivity index (χ4v) is 2.70. The number of ether oxygens (including phenoxy) is 2. The van der Waals surface area contributed by atoms with Crippen molar-refractivity contribution in [1.29, 1.82) is 0 Å². The Hall–Kier alpha value is -1.11. The summed E-state index contributed by atoms with van der Waals surface area (Å²) in [7, 11) is 1.62. The molecule has 1 heterocycles. The lowest BCUT2D eigenvalue weighted by molar-refractivity contribution is -0.136. The number of amides is 1. The number of hydrogen-bond donors (Lipinski definition) is 2. The molecular weight excluding hydrogens is 336 g/mol. The zero-order valence-electron chi connectivity index (χ0n) is 12.5. The number of halogens is 1. The van der Waals surface area contributed by atoms with Crippen LogP contribution in [0.4, 0.5) is 0 Å². The number of carbonyl (C=O) groups is 1. The van der Waals surface area contributed by atoms with E-state index in [2.05, 4.69) is 26.6 Å². The van der Waals surface area contributed by atoms with Gasteiger partial charge in [0.15, 0.2) is 0 Å². The van der Waals surface area contributed by atoms with Gasteiger partial charge < -0.3 is 20.1 Å². The van der Waals surface area contributed by atoms with Gasteiger partial charge in [-0.3, -0.25) is 4.79 Å². The predicted octanol–water partition coefficient (Wildman–Crippen LogP) is 2.01. The Bertz CT molecular complexity index is 518. The highest BCUT2D eigenvalue weighted by Gasteiger charge is 2.33. The Labute approximate surface area is 133 Å². The van der Waals surface area contributed by atoms with Crippen LogP contribution in [0.2, 0.25) is 0 Å². The largest absolute Gasteiger partial charge is 0.496 e. The number of methoxy groups -OCH3 is 1. The predicted molar refractivity (Wildman–Crippen MR) is 84.5 cm³/mol. The standard InChI is InChI=1S/C15H21BrN2O3/c1-10(11-4-5-13(20-3)12(16)6-11)18-14(19)7-21-15(2)8-17-9-15/h4-6,10,17H,7-9H2,1-3H3,(H,18,19). The van der Waals surface area contributed by atoms with Crippen molar-refractivity contribution in [2.75, 3.05) is 26.8 Å². The van der Waals surface area contributed by atoms with Gasteiger partial charge in [-0.2, -0.15) is 0 Å². The van der Waals surface area contributed by atoms with E-state index in [1.54, 1.807) is 7.11 Å². The third-order valence-electron chi connectivity index (χ3n) is 3.60. The first kappa shape index (κ1) is 16.3. The molecule has 1 aliphatic rings. The fraction of sp³-hybridized carbons (Fsp3) is 0.533. The van der Waals surface area contributed by atoms with Gasteiger partial charge in [-0.15, -0.1) is 0 Å². The highest BCUT2D eigenvalue weighted by atomic mass is 79.9. The summed E-state index contributed by atoms with van der Waals surface area (Å²) >= 11 is 3.45. The number of hydrogen-bond acceptors (Lipinski definition) is 4.